The highest BCUT2D eigenvalue weighted by molar-refractivity contribution is 7.89. The summed E-state index contributed by atoms with van der Waals surface area (Å²) in [4.78, 5) is 14.6. The lowest BCUT2D eigenvalue weighted by Crippen LogP contribution is -2.48. The Labute approximate surface area is 144 Å². The van der Waals surface area contributed by atoms with Crippen LogP contribution in [0.2, 0.25) is 0 Å². The van der Waals surface area contributed by atoms with Crippen LogP contribution in [0.5, 0.6) is 0 Å². The molecule has 1 saturated heterocycles. The zero-order chi connectivity index (χ0) is 17.7. The number of piperazine rings is 1. The van der Waals surface area contributed by atoms with Crippen LogP contribution in [-0.4, -0.2) is 62.8 Å². The van der Waals surface area contributed by atoms with Gasteiger partial charge in [-0.1, -0.05) is 26.8 Å². The molecular formula is C17H27N3O3S. The summed E-state index contributed by atoms with van der Waals surface area (Å²) in [6.07, 6.45) is 0. The molecule has 0 bridgehead atoms. The van der Waals surface area contributed by atoms with Crippen LogP contribution in [0.4, 0.5) is 0 Å². The number of carbonyl (C=O) groups excluding carboxylic acids is 1. The first-order chi connectivity index (χ1) is 11.3. The minimum atomic E-state index is -3.55. The van der Waals surface area contributed by atoms with Gasteiger partial charge in [-0.2, -0.15) is 4.31 Å². The maximum Gasteiger partial charge on any atom is 0.251 e. The molecule has 0 spiro atoms. The number of hydrogen-bond acceptors (Lipinski definition) is 4. The van der Waals surface area contributed by atoms with E-state index in [0.29, 0.717) is 31.1 Å². The Morgan fingerprint density at radius 3 is 2.46 bits per heavy atom. The van der Waals surface area contributed by atoms with Crippen molar-refractivity contribution in [3.63, 3.8) is 0 Å². The third-order valence-electron chi connectivity index (χ3n) is 4.18. The second-order valence-electron chi connectivity index (χ2n) is 6.47. The Balaban J connectivity index is 2.13. The van der Waals surface area contributed by atoms with E-state index in [1.54, 1.807) is 18.2 Å². The smallest absolute Gasteiger partial charge is 0.251 e. The van der Waals surface area contributed by atoms with Gasteiger partial charge in [0.25, 0.3) is 5.91 Å². The van der Waals surface area contributed by atoms with E-state index in [0.717, 1.165) is 19.6 Å². The van der Waals surface area contributed by atoms with Gasteiger partial charge in [-0.05, 0) is 30.7 Å². The zero-order valence-electron chi connectivity index (χ0n) is 14.7. The Morgan fingerprint density at radius 2 is 1.88 bits per heavy atom. The quantitative estimate of drug-likeness (QED) is 0.839. The molecule has 0 saturated carbocycles. The van der Waals surface area contributed by atoms with Crippen molar-refractivity contribution in [3.05, 3.63) is 29.8 Å². The van der Waals surface area contributed by atoms with Crippen molar-refractivity contribution < 1.29 is 13.2 Å². The van der Waals surface area contributed by atoms with Crippen molar-refractivity contribution in [1.29, 1.82) is 0 Å². The van der Waals surface area contributed by atoms with Gasteiger partial charge in [0, 0.05) is 38.3 Å². The normalized spacial score (nSPS) is 17.2. The molecule has 6 nitrogen and oxygen atoms in total. The van der Waals surface area contributed by atoms with Gasteiger partial charge < -0.3 is 10.2 Å². The molecule has 0 radical (unpaired) electrons. The molecule has 1 aromatic rings. The lowest BCUT2D eigenvalue weighted by atomic mass is 10.2. The summed E-state index contributed by atoms with van der Waals surface area (Å²) in [7, 11) is -3.55. The molecule has 1 aliphatic heterocycles. The maximum atomic E-state index is 12.8. The van der Waals surface area contributed by atoms with E-state index in [2.05, 4.69) is 17.1 Å². The van der Waals surface area contributed by atoms with Crippen LogP contribution in [0, 0.1) is 5.92 Å². The molecule has 1 heterocycles. The predicted molar refractivity (Wildman–Crippen MR) is 94.5 cm³/mol. The van der Waals surface area contributed by atoms with Crippen LogP contribution in [-0.2, 0) is 10.0 Å². The number of amides is 1. The molecule has 7 heteroatoms. The molecule has 0 atom stereocenters. The summed E-state index contributed by atoms with van der Waals surface area (Å²) in [5.41, 5.74) is 0.379. The molecule has 1 amide bonds. The number of sulfonamides is 1. The number of likely N-dealkylation sites (N-methyl/N-ethyl adjacent to an activating group) is 1. The van der Waals surface area contributed by atoms with E-state index in [1.807, 2.05) is 13.8 Å². The molecule has 134 valence electrons. The second kappa shape index (κ2) is 8.09. The van der Waals surface area contributed by atoms with Crippen molar-refractivity contribution in [3.8, 4) is 0 Å². The van der Waals surface area contributed by atoms with Gasteiger partial charge in [-0.15, -0.1) is 0 Å². The lowest BCUT2D eigenvalue weighted by molar-refractivity contribution is 0.0949. The van der Waals surface area contributed by atoms with Crippen molar-refractivity contribution in [1.82, 2.24) is 14.5 Å². The number of nitrogens with zero attached hydrogens (tertiary/aromatic N) is 2. The number of carbonyl (C=O) groups is 1. The topological polar surface area (TPSA) is 69.7 Å². The molecule has 24 heavy (non-hydrogen) atoms. The molecule has 1 fully saturated rings. The van der Waals surface area contributed by atoms with Crippen molar-refractivity contribution in [2.24, 2.45) is 5.92 Å². The van der Waals surface area contributed by atoms with Crippen LogP contribution >= 0.6 is 0 Å². The highest BCUT2D eigenvalue weighted by Crippen LogP contribution is 2.19. The minimum Gasteiger partial charge on any atom is -0.352 e. The van der Waals surface area contributed by atoms with Gasteiger partial charge in [-0.3, -0.25) is 4.79 Å². The Hall–Kier alpha value is -1.44. The van der Waals surface area contributed by atoms with Crippen molar-refractivity contribution >= 4 is 15.9 Å². The molecule has 1 N–H and O–H groups in total. The van der Waals surface area contributed by atoms with Crippen LogP contribution in [0.3, 0.4) is 0 Å². The van der Waals surface area contributed by atoms with Gasteiger partial charge in [0.1, 0.15) is 0 Å². The minimum absolute atomic E-state index is 0.185. The monoisotopic (exact) mass is 353 g/mol. The third-order valence-corrected chi connectivity index (χ3v) is 6.08. The lowest BCUT2D eigenvalue weighted by Gasteiger charge is -2.33. The summed E-state index contributed by atoms with van der Waals surface area (Å²) in [6, 6.07) is 6.29. The fourth-order valence-corrected chi connectivity index (χ4v) is 4.10. The van der Waals surface area contributed by atoms with E-state index in [-0.39, 0.29) is 10.8 Å². The van der Waals surface area contributed by atoms with Gasteiger partial charge in [0.2, 0.25) is 10.0 Å². The molecular weight excluding hydrogens is 326 g/mol. The maximum absolute atomic E-state index is 12.8. The fraction of sp³-hybridized carbons (Fsp3) is 0.588. The Bertz CT molecular complexity index is 665. The average molecular weight is 353 g/mol. The van der Waals surface area contributed by atoms with Gasteiger partial charge in [0.15, 0.2) is 0 Å². The van der Waals surface area contributed by atoms with Crippen molar-refractivity contribution in [2.45, 2.75) is 25.7 Å². The highest BCUT2D eigenvalue weighted by atomic mass is 32.2. The van der Waals surface area contributed by atoms with Crippen LogP contribution in [0.25, 0.3) is 0 Å². The summed E-state index contributed by atoms with van der Waals surface area (Å²) in [6.45, 7) is 10.0. The number of nitrogens with one attached hydrogen (secondary N) is 1. The van der Waals surface area contributed by atoms with Gasteiger partial charge in [-0.25, -0.2) is 8.42 Å². The standard InChI is InChI=1S/C17H27N3O3S/c1-4-19-8-10-20(11-9-19)24(22,23)16-7-5-6-15(12-16)17(21)18-13-14(2)3/h5-7,12,14H,4,8-11,13H2,1-3H3,(H,18,21). The molecule has 1 aliphatic rings. The highest BCUT2D eigenvalue weighted by Gasteiger charge is 2.28. The number of rotatable bonds is 6. The van der Waals surface area contributed by atoms with E-state index < -0.39 is 10.0 Å². The summed E-state index contributed by atoms with van der Waals surface area (Å²) in [5, 5.41) is 2.82. The number of benzene rings is 1. The first-order valence-corrected chi connectivity index (χ1v) is 9.89. The van der Waals surface area contributed by atoms with Crippen LogP contribution < -0.4 is 5.32 Å². The van der Waals surface area contributed by atoms with E-state index in [4.69, 9.17) is 0 Å². The number of hydrogen-bond donors (Lipinski definition) is 1. The Kier molecular flexibility index (Phi) is 6.37. The first kappa shape index (κ1) is 18.9. The largest absolute Gasteiger partial charge is 0.352 e. The van der Waals surface area contributed by atoms with Crippen molar-refractivity contribution in [2.75, 3.05) is 39.3 Å². The summed E-state index contributed by atoms with van der Waals surface area (Å²) >= 11 is 0. The summed E-state index contributed by atoms with van der Waals surface area (Å²) in [5.74, 6) is 0.104. The van der Waals surface area contributed by atoms with Crippen LogP contribution in [0.1, 0.15) is 31.1 Å². The van der Waals surface area contributed by atoms with Gasteiger partial charge in [0.05, 0.1) is 4.90 Å². The van der Waals surface area contributed by atoms with E-state index in [1.165, 1.54) is 10.4 Å². The third kappa shape index (κ3) is 4.55. The predicted octanol–water partition coefficient (Wildman–Crippen LogP) is 1.40. The average Bonchev–Trinajstić information content (AvgIpc) is 2.59. The second-order valence-corrected chi connectivity index (χ2v) is 8.41. The van der Waals surface area contributed by atoms with Crippen LogP contribution in [0.15, 0.2) is 29.2 Å². The fourth-order valence-electron chi connectivity index (χ4n) is 2.63. The molecule has 0 unspecified atom stereocenters. The van der Waals surface area contributed by atoms with E-state index in [9.17, 15) is 13.2 Å². The summed E-state index contributed by atoms with van der Waals surface area (Å²) < 4.78 is 27.1. The van der Waals surface area contributed by atoms with Gasteiger partial charge >= 0.3 is 0 Å². The first-order valence-electron chi connectivity index (χ1n) is 8.45. The SMILES string of the molecule is CCN1CCN(S(=O)(=O)c2cccc(C(=O)NCC(C)C)c2)CC1. The van der Waals surface area contributed by atoms with E-state index >= 15 is 0 Å². The zero-order valence-corrected chi connectivity index (χ0v) is 15.5. The molecule has 1 aromatic carbocycles. The molecule has 2 rings (SSSR count). The molecule has 0 aliphatic carbocycles. The Morgan fingerprint density at radius 1 is 1.21 bits per heavy atom. The molecule has 0 aromatic heterocycles.